The summed E-state index contributed by atoms with van der Waals surface area (Å²) in [5.41, 5.74) is 1.80. The summed E-state index contributed by atoms with van der Waals surface area (Å²) < 4.78 is 10.6. The van der Waals surface area contributed by atoms with Crippen LogP contribution in [0.3, 0.4) is 0 Å². The smallest absolute Gasteiger partial charge is 0.191 e. The van der Waals surface area contributed by atoms with Crippen LogP contribution in [0.15, 0.2) is 47.7 Å². The van der Waals surface area contributed by atoms with Crippen LogP contribution in [-0.2, 0) is 6.54 Å². The predicted octanol–water partition coefficient (Wildman–Crippen LogP) is 2.51. The standard InChI is InChI=1S/C19H26N4O3.HI/c1-4-21-19(23-13-16(24)15-7-9-20-10-8-15)22-12-14-5-6-17(25-2)18(11-14)26-3;/h5-11,16,24H,4,12-13H2,1-3H3,(H2,21,22,23);1H. The summed E-state index contributed by atoms with van der Waals surface area (Å²) >= 11 is 0. The minimum absolute atomic E-state index is 0. The van der Waals surface area contributed by atoms with Crippen LogP contribution in [0.4, 0.5) is 0 Å². The molecule has 7 nitrogen and oxygen atoms in total. The molecule has 2 aromatic rings. The van der Waals surface area contributed by atoms with Gasteiger partial charge in [0.2, 0.25) is 0 Å². The van der Waals surface area contributed by atoms with Crippen LogP contribution in [0.1, 0.15) is 24.2 Å². The maximum Gasteiger partial charge on any atom is 0.191 e. The highest BCUT2D eigenvalue weighted by molar-refractivity contribution is 14.0. The summed E-state index contributed by atoms with van der Waals surface area (Å²) in [7, 11) is 3.22. The van der Waals surface area contributed by atoms with E-state index >= 15 is 0 Å². The summed E-state index contributed by atoms with van der Waals surface area (Å²) in [6.07, 6.45) is 2.69. The number of nitrogens with zero attached hydrogens (tertiary/aromatic N) is 2. The summed E-state index contributed by atoms with van der Waals surface area (Å²) in [5.74, 6) is 1.99. The van der Waals surface area contributed by atoms with Crippen molar-refractivity contribution >= 4 is 29.9 Å². The molecule has 0 aliphatic rings. The Morgan fingerprint density at radius 2 is 1.81 bits per heavy atom. The molecule has 0 aliphatic carbocycles. The average molecular weight is 486 g/mol. The van der Waals surface area contributed by atoms with Crippen LogP contribution in [0.5, 0.6) is 11.5 Å². The van der Waals surface area contributed by atoms with Crippen molar-refractivity contribution in [2.24, 2.45) is 4.99 Å². The molecule has 0 amide bonds. The SMILES string of the molecule is CCNC(=NCc1ccc(OC)c(OC)c1)NCC(O)c1ccncc1.I. The fourth-order valence-electron chi connectivity index (χ4n) is 2.39. The molecule has 0 fully saturated rings. The van der Waals surface area contributed by atoms with Gasteiger partial charge in [-0.1, -0.05) is 6.07 Å². The number of aromatic nitrogens is 1. The second kappa shape index (κ2) is 12.3. The van der Waals surface area contributed by atoms with Gasteiger partial charge in [0.15, 0.2) is 17.5 Å². The number of benzene rings is 1. The molecule has 0 saturated carbocycles. The van der Waals surface area contributed by atoms with E-state index in [0.29, 0.717) is 30.5 Å². The van der Waals surface area contributed by atoms with Crippen molar-refractivity contribution in [1.29, 1.82) is 0 Å². The molecule has 0 bridgehead atoms. The number of hydrogen-bond acceptors (Lipinski definition) is 5. The zero-order chi connectivity index (χ0) is 18.8. The number of ether oxygens (including phenoxy) is 2. The van der Waals surface area contributed by atoms with Crippen molar-refractivity contribution in [1.82, 2.24) is 15.6 Å². The van der Waals surface area contributed by atoms with Gasteiger partial charge in [-0.2, -0.15) is 0 Å². The quantitative estimate of drug-likeness (QED) is 0.302. The molecule has 1 aromatic carbocycles. The molecule has 0 saturated heterocycles. The molecular formula is C19H27IN4O3. The van der Waals surface area contributed by atoms with Crippen LogP contribution in [-0.4, -0.2) is 43.4 Å². The number of methoxy groups -OCH3 is 2. The summed E-state index contributed by atoms with van der Waals surface area (Å²) in [6.45, 7) is 3.54. The van der Waals surface area contributed by atoms with Gasteiger partial charge in [0.25, 0.3) is 0 Å². The Labute approximate surface area is 177 Å². The summed E-state index contributed by atoms with van der Waals surface area (Å²) in [6, 6.07) is 9.29. The molecule has 1 heterocycles. The zero-order valence-corrected chi connectivity index (χ0v) is 18.1. The first-order valence-corrected chi connectivity index (χ1v) is 8.49. The van der Waals surface area contributed by atoms with E-state index in [9.17, 15) is 5.11 Å². The van der Waals surface area contributed by atoms with Gasteiger partial charge in [-0.25, -0.2) is 4.99 Å². The number of halogens is 1. The molecule has 0 spiro atoms. The lowest BCUT2D eigenvalue weighted by Crippen LogP contribution is -2.39. The molecule has 1 unspecified atom stereocenters. The van der Waals surface area contributed by atoms with Crippen LogP contribution in [0, 0.1) is 0 Å². The van der Waals surface area contributed by atoms with Gasteiger partial charge in [-0.05, 0) is 42.3 Å². The number of guanidine groups is 1. The Hall–Kier alpha value is -2.07. The van der Waals surface area contributed by atoms with Crippen LogP contribution in [0.25, 0.3) is 0 Å². The van der Waals surface area contributed by atoms with E-state index in [1.807, 2.05) is 25.1 Å². The number of pyridine rings is 1. The molecule has 0 radical (unpaired) electrons. The fourth-order valence-corrected chi connectivity index (χ4v) is 2.39. The molecule has 1 aromatic heterocycles. The van der Waals surface area contributed by atoms with Crippen molar-refractivity contribution < 1.29 is 14.6 Å². The Balaban J connectivity index is 0.00000364. The monoisotopic (exact) mass is 486 g/mol. The van der Waals surface area contributed by atoms with Gasteiger partial charge in [-0.15, -0.1) is 24.0 Å². The highest BCUT2D eigenvalue weighted by Gasteiger charge is 2.08. The Morgan fingerprint density at radius 1 is 1.11 bits per heavy atom. The van der Waals surface area contributed by atoms with E-state index in [4.69, 9.17) is 9.47 Å². The lowest BCUT2D eigenvalue weighted by atomic mass is 10.1. The lowest BCUT2D eigenvalue weighted by molar-refractivity contribution is 0.180. The third-order valence-corrected chi connectivity index (χ3v) is 3.77. The molecule has 1 atom stereocenters. The minimum atomic E-state index is -0.636. The number of aliphatic imine (C=N–C) groups is 1. The Kier molecular flexibility index (Phi) is 10.5. The fraction of sp³-hybridized carbons (Fsp3) is 0.368. The Bertz CT molecular complexity index is 713. The van der Waals surface area contributed by atoms with Gasteiger partial charge < -0.3 is 25.2 Å². The number of hydrogen-bond donors (Lipinski definition) is 3. The van der Waals surface area contributed by atoms with Gasteiger partial charge >= 0.3 is 0 Å². The topological polar surface area (TPSA) is 88.0 Å². The van der Waals surface area contributed by atoms with E-state index in [1.54, 1.807) is 38.7 Å². The van der Waals surface area contributed by atoms with Crippen molar-refractivity contribution in [3.8, 4) is 11.5 Å². The highest BCUT2D eigenvalue weighted by Crippen LogP contribution is 2.27. The van der Waals surface area contributed by atoms with Gasteiger partial charge in [0.1, 0.15) is 0 Å². The molecular weight excluding hydrogens is 459 g/mol. The first kappa shape index (κ1) is 23.0. The lowest BCUT2D eigenvalue weighted by Gasteiger charge is -2.15. The van der Waals surface area contributed by atoms with Gasteiger partial charge in [0, 0.05) is 25.5 Å². The van der Waals surface area contributed by atoms with E-state index in [0.717, 1.165) is 17.7 Å². The van der Waals surface area contributed by atoms with Gasteiger partial charge in [0.05, 0.1) is 26.9 Å². The number of rotatable bonds is 8. The van der Waals surface area contributed by atoms with Crippen molar-refractivity contribution in [3.63, 3.8) is 0 Å². The van der Waals surface area contributed by atoms with E-state index in [2.05, 4.69) is 20.6 Å². The average Bonchev–Trinajstić information content (AvgIpc) is 2.70. The second-order valence-electron chi connectivity index (χ2n) is 5.56. The highest BCUT2D eigenvalue weighted by atomic mass is 127. The minimum Gasteiger partial charge on any atom is -0.493 e. The van der Waals surface area contributed by atoms with E-state index in [1.165, 1.54) is 0 Å². The summed E-state index contributed by atoms with van der Waals surface area (Å²) in [5, 5.41) is 16.6. The maximum absolute atomic E-state index is 10.2. The first-order chi connectivity index (χ1) is 12.7. The maximum atomic E-state index is 10.2. The largest absolute Gasteiger partial charge is 0.493 e. The number of aliphatic hydroxyl groups excluding tert-OH is 1. The predicted molar refractivity (Wildman–Crippen MR) is 117 cm³/mol. The number of aliphatic hydroxyl groups is 1. The third kappa shape index (κ3) is 7.22. The van der Waals surface area contributed by atoms with Crippen LogP contribution >= 0.6 is 24.0 Å². The van der Waals surface area contributed by atoms with Crippen molar-refractivity contribution in [2.75, 3.05) is 27.3 Å². The van der Waals surface area contributed by atoms with Crippen LogP contribution < -0.4 is 20.1 Å². The molecule has 0 aliphatic heterocycles. The number of nitrogens with one attached hydrogen (secondary N) is 2. The molecule has 3 N–H and O–H groups in total. The second-order valence-corrected chi connectivity index (χ2v) is 5.56. The van der Waals surface area contributed by atoms with Crippen molar-refractivity contribution in [2.45, 2.75) is 19.6 Å². The third-order valence-electron chi connectivity index (χ3n) is 3.77. The molecule has 27 heavy (non-hydrogen) atoms. The Morgan fingerprint density at radius 3 is 2.44 bits per heavy atom. The molecule has 2 rings (SSSR count). The zero-order valence-electron chi connectivity index (χ0n) is 15.8. The normalized spacial score (nSPS) is 11.9. The van der Waals surface area contributed by atoms with E-state index in [-0.39, 0.29) is 24.0 Å². The first-order valence-electron chi connectivity index (χ1n) is 8.49. The van der Waals surface area contributed by atoms with Gasteiger partial charge in [-0.3, -0.25) is 4.98 Å². The van der Waals surface area contributed by atoms with Crippen LogP contribution in [0.2, 0.25) is 0 Å². The molecule has 8 heteroatoms. The molecule has 148 valence electrons. The van der Waals surface area contributed by atoms with E-state index < -0.39 is 6.10 Å². The summed E-state index contributed by atoms with van der Waals surface area (Å²) in [4.78, 5) is 8.51. The van der Waals surface area contributed by atoms with Crippen molar-refractivity contribution in [3.05, 3.63) is 53.9 Å².